The molecule has 16 heavy (non-hydrogen) atoms. The summed E-state index contributed by atoms with van der Waals surface area (Å²) in [5.41, 5.74) is 1.99. The van der Waals surface area contributed by atoms with E-state index in [1.54, 1.807) is 6.20 Å². The quantitative estimate of drug-likeness (QED) is 0.727. The van der Waals surface area contributed by atoms with Crippen molar-refractivity contribution in [3.8, 4) is 0 Å². The Morgan fingerprint density at radius 2 is 1.81 bits per heavy atom. The predicted molar refractivity (Wildman–Crippen MR) is 63.2 cm³/mol. The fourth-order valence-corrected chi connectivity index (χ4v) is 1.69. The average molecular weight is 211 g/mol. The maximum Gasteiger partial charge on any atom is 0.129 e. The summed E-state index contributed by atoms with van der Waals surface area (Å²) < 4.78 is 0. The summed E-state index contributed by atoms with van der Waals surface area (Å²) in [5, 5.41) is 0. The van der Waals surface area contributed by atoms with Crippen LogP contribution in [-0.2, 0) is 11.2 Å². The highest BCUT2D eigenvalue weighted by molar-refractivity contribution is 5.61. The van der Waals surface area contributed by atoms with Gasteiger partial charge in [0.25, 0.3) is 0 Å². The summed E-state index contributed by atoms with van der Waals surface area (Å²) in [4.78, 5) is 15.3. The third-order valence-electron chi connectivity index (χ3n) is 2.53. The molecule has 1 atom stereocenters. The average Bonchev–Trinajstić information content (AvgIpc) is 2.38. The minimum absolute atomic E-state index is 0.149. The highest BCUT2D eigenvalue weighted by Gasteiger charge is 2.11. The highest BCUT2D eigenvalue weighted by atomic mass is 16.1. The molecule has 2 nitrogen and oxygen atoms in total. The second-order valence-electron chi connectivity index (χ2n) is 3.69. The topological polar surface area (TPSA) is 30.0 Å². The van der Waals surface area contributed by atoms with Crippen LogP contribution >= 0.6 is 0 Å². The number of pyridine rings is 1. The van der Waals surface area contributed by atoms with Gasteiger partial charge in [0.1, 0.15) is 6.29 Å². The molecule has 0 saturated heterocycles. The van der Waals surface area contributed by atoms with Crippen molar-refractivity contribution < 1.29 is 4.79 Å². The zero-order valence-electron chi connectivity index (χ0n) is 8.91. The Balaban J connectivity index is 2.16. The van der Waals surface area contributed by atoms with Crippen LogP contribution in [0, 0.1) is 0 Å². The molecule has 2 aromatic rings. The van der Waals surface area contributed by atoms with Gasteiger partial charge in [-0.2, -0.15) is 0 Å². The van der Waals surface area contributed by atoms with Gasteiger partial charge in [0.2, 0.25) is 0 Å². The monoisotopic (exact) mass is 211 g/mol. The van der Waals surface area contributed by atoms with Gasteiger partial charge in [0.05, 0.1) is 11.6 Å². The van der Waals surface area contributed by atoms with Gasteiger partial charge in [-0.25, -0.2) is 0 Å². The second kappa shape index (κ2) is 5.21. The molecule has 0 aliphatic carbocycles. The number of carbonyl (C=O) groups excluding carboxylic acids is 1. The maximum absolute atomic E-state index is 11.1. The Bertz CT molecular complexity index is 439. The molecule has 2 heteroatoms. The molecule has 0 fully saturated rings. The Morgan fingerprint density at radius 1 is 1.06 bits per heavy atom. The summed E-state index contributed by atoms with van der Waals surface area (Å²) in [5.74, 6) is -0.149. The molecule has 0 bridgehead atoms. The molecule has 1 heterocycles. The van der Waals surface area contributed by atoms with E-state index >= 15 is 0 Å². The van der Waals surface area contributed by atoms with Crippen LogP contribution in [0.25, 0.3) is 0 Å². The Hall–Kier alpha value is -1.96. The van der Waals surface area contributed by atoms with Crippen molar-refractivity contribution in [2.45, 2.75) is 12.3 Å². The number of nitrogens with zero attached hydrogens (tertiary/aromatic N) is 1. The lowest BCUT2D eigenvalue weighted by Gasteiger charge is -2.09. The first-order valence-corrected chi connectivity index (χ1v) is 5.30. The van der Waals surface area contributed by atoms with E-state index in [1.807, 2.05) is 48.5 Å². The Kier molecular flexibility index (Phi) is 3.44. The highest BCUT2D eigenvalue weighted by Crippen LogP contribution is 2.16. The molecule has 0 amide bonds. The summed E-state index contributed by atoms with van der Waals surface area (Å²) >= 11 is 0. The number of aldehydes is 1. The van der Waals surface area contributed by atoms with Crippen LogP contribution < -0.4 is 0 Å². The minimum Gasteiger partial charge on any atom is -0.303 e. The van der Waals surface area contributed by atoms with Crippen molar-refractivity contribution in [1.29, 1.82) is 0 Å². The molecule has 80 valence electrons. The van der Waals surface area contributed by atoms with E-state index in [0.717, 1.165) is 17.5 Å². The zero-order chi connectivity index (χ0) is 11.2. The van der Waals surface area contributed by atoms with Crippen molar-refractivity contribution in [3.63, 3.8) is 0 Å². The van der Waals surface area contributed by atoms with Gasteiger partial charge in [0, 0.05) is 6.20 Å². The SMILES string of the molecule is O=CC(Cc1ccccc1)c1ccccn1. The fraction of sp³-hybridized carbons (Fsp3) is 0.143. The Morgan fingerprint density at radius 3 is 2.44 bits per heavy atom. The number of aromatic nitrogens is 1. The molecule has 0 N–H and O–H groups in total. The second-order valence-corrected chi connectivity index (χ2v) is 3.69. The molecular weight excluding hydrogens is 198 g/mol. The van der Waals surface area contributed by atoms with E-state index in [-0.39, 0.29) is 5.92 Å². The molecule has 0 aliphatic rings. The van der Waals surface area contributed by atoms with Crippen molar-refractivity contribution in [2.75, 3.05) is 0 Å². The minimum atomic E-state index is -0.149. The maximum atomic E-state index is 11.1. The van der Waals surface area contributed by atoms with Crippen LogP contribution in [0.2, 0.25) is 0 Å². The van der Waals surface area contributed by atoms with Gasteiger partial charge in [0.15, 0.2) is 0 Å². The lowest BCUT2D eigenvalue weighted by atomic mass is 9.97. The third-order valence-corrected chi connectivity index (χ3v) is 2.53. The molecule has 0 radical (unpaired) electrons. The molecule has 2 rings (SSSR count). The zero-order valence-corrected chi connectivity index (χ0v) is 8.91. The van der Waals surface area contributed by atoms with E-state index < -0.39 is 0 Å². The van der Waals surface area contributed by atoms with Crippen molar-refractivity contribution >= 4 is 6.29 Å². The predicted octanol–water partition coefficient (Wildman–Crippen LogP) is 2.61. The first kappa shape index (κ1) is 10.6. The third kappa shape index (κ3) is 2.54. The van der Waals surface area contributed by atoms with Crippen LogP contribution in [0.15, 0.2) is 54.7 Å². The number of hydrogen-bond donors (Lipinski definition) is 0. The molecule has 0 aliphatic heterocycles. The van der Waals surface area contributed by atoms with Crippen LogP contribution in [0.3, 0.4) is 0 Å². The molecule has 0 saturated carbocycles. The van der Waals surface area contributed by atoms with E-state index in [2.05, 4.69) is 4.98 Å². The van der Waals surface area contributed by atoms with Gasteiger partial charge in [-0.15, -0.1) is 0 Å². The van der Waals surface area contributed by atoms with Crippen molar-refractivity contribution in [2.24, 2.45) is 0 Å². The van der Waals surface area contributed by atoms with Crippen molar-refractivity contribution in [1.82, 2.24) is 4.98 Å². The van der Waals surface area contributed by atoms with Crippen LogP contribution in [-0.4, -0.2) is 11.3 Å². The summed E-state index contributed by atoms with van der Waals surface area (Å²) in [6.45, 7) is 0. The van der Waals surface area contributed by atoms with Gasteiger partial charge in [-0.05, 0) is 24.1 Å². The fourth-order valence-electron chi connectivity index (χ4n) is 1.69. The van der Waals surface area contributed by atoms with E-state index in [4.69, 9.17) is 0 Å². The van der Waals surface area contributed by atoms with E-state index in [0.29, 0.717) is 6.42 Å². The Labute approximate surface area is 95.0 Å². The van der Waals surface area contributed by atoms with Gasteiger partial charge in [-0.1, -0.05) is 36.4 Å². The molecule has 1 aromatic heterocycles. The van der Waals surface area contributed by atoms with E-state index in [1.165, 1.54) is 0 Å². The van der Waals surface area contributed by atoms with Gasteiger partial charge < -0.3 is 4.79 Å². The summed E-state index contributed by atoms with van der Waals surface area (Å²) in [7, 11) is 0. The summed E-state index contributed by atoms with van der Waals surface area (Å²) in [6, 6.07) is 15.6. The molecule has 1 aromatic carbocycles. The van der Waals surface area contributed by atoms with Crippen LogP contribution in [0.4, 0.5) is 0 Å². The normalized spacial score (nSPS) is 12.0. The van der Waals surface area contributed by atoms with Crippen LogP contribution in [0.5, 0.6) is 0 Å². The largest absolute Gasteiger partial charge is 0.303 e. The van der Waals surface area contributed by atoms with Crippen molar-refractivity contribution in [3.05, 3.63) is 66.0 Å². The molecule has 0 spiro atoms. The number of carbonyl (C=O) groups is 1. The smallest absolute Gasteiger partial charge is 0.129 e. The lowest BCUT2D eigenvalue weighted by Crippen LogP contribution is -2.06. The number of rotatable bonds is 4. The first-order chi connectivity index (χ1) is 7.90. The number of benzene rings is 1. The molecule has 1 unspecified atom stereocenters. The van der Waals surface area contributed by atoms with Gasteiger partial charge >= 0.3 is 0 Å². The van der Waals surface area contributed by atoms with Crippen LogP contribution in [0.1, 0.15) is 17.2 Å². The van der Waals surface area contributed by atoms with E-state index in [9.17, 15) is 4.79 Å². The number of hydrogen-bond acceptors (Lipinski definition) is 2. The lowest BCUT2D eigenvalue weighted by molar-refractivity contribution is -0.109. The standard InChI is InChI=1S/C14H13NO/c16-11-13(14-8-4-5-9-15-14)10-12-6-2-1-3-7-12/h1-9,11,13H,10H2. The molecular formula is C14H13NO. The first-order valence-electron chi connectivity index (χ1n) is 5.30. The van der Waals surface area contributed by atoms with Gasteiger partial charge in [-0.3, -0.25) is 4.98 Å². The summed E-state index contributed by atoms with van der Waals surface area (Å²) in [6.07, 6.45) is 3.40.